The van der Waals surface area contributed by atoms with Crippen LogP contribution in [0.1, 0.15) is 12.5 Å². The molecule has 0 amide bonds. The van der Waals surface area contributed by atoms with Crippen molar-refractivity contribution in [1.29, 1.82) is 0 Å². The van der Waals surface area contributed by atoms with E-state index >= 15 is 0 Å². The molecule has 0 saturated carbocycles. The lowest BCUT2D eigenvalue weighted by Gasteiger charge is -2.07. The van der Waals surface area contributed by atoms with Gasteiger partial charge in [-0.2, -0.15) is 9.61 Å². The van der Waals surface area contributed by atoms with E-state index in [1.165, 1.54) is 6.33 Å². The van der Waals surface area contributed by atoms with Crippen molar-refractivity contribution in [1.82, 2.24) is 14.6 Å². The van der Waals surface area contributed by atoms with Crippen LogP contribution in [0.4, 0.5) is 5.82 Å². The third kappa shape index (κ3) is 1.42. The monoisotopic (exact) mass is 192 g/mol. The highest BCUT2D eigenvalue weighted by atomic mass is 16.3. The Morgan fingerprint density at radius 2 is 2.36 bits per heavy atom. The third-order valence-electron chi connectivity index (χ3n) is 1.98. The van der Waals surface area contributed by atoms with Gasteiger partial charge in [0, 0.05) is 6.54 Å². The lowest BCUT2D eigenvalue weighted by Crippen LogP contribution is -2.05. The summed E-state index contributed by atoms with van der Waals surface area (Å²) in [6.07, 6.45) is 1.50. The maximum atomic E-state index is 9.04. The SMILES string of the molecule is CCNc1cc(CO)cc2ncnn12. The fraction of sp³-hybridized carbons (Fsp3) is 0.333. The summed E-state index contributed by atoms with van der Waals surface area (Å²) in [5.74, 6) is 0.853. The highest BCUT2D eigenvalue weighted by Gasteiger charge is 2.03. The third-order valence-corrected chi connectivity index (χ3v) is 1.98. The molecule has 2 N–H and O–H groups in total. The highest BCUT2D eigenvalue weighted by molar-refractivity contribution is 5.51. The Balaban J connectivity index is 2.58. The molecule has 5 nitrogen and oxygen atoms in total. The lowest BCUT2D eigenvalue weighted by atomic mass is 10.2. The molecule has 0 aliphatic carbocycles. The molecule has 2 heterocycles. The summed E-state index contributed by atoms with van der Waals surface area (Å²) < 4.78 is 1.71. The zero-order valence-electron chi connectivity index (χ0n) is 7.94. The molecule has 2 rings (SSSR count). The van der Waals surface area contributed by atoms with Crippen molar-refractivity contribution < 1.29 is 5.11 Å². The molecular weight excluding hydrogens is 180 g/mol. The van der Waals surface area contributed by atoms with Crippen molar-refractivity contribution in [2.75, 3.05) is 11.9 Å². The Bertz CT molecular complexity index is 437. The average Bonchev–Trinajstić information content (AvgIpc) is 2.66. The summed E-state index contributed by atoms with van der Waals surface area (Å²) in [5, 5.41) is 16.3. The largest absolute Gasteiger partial charge is 0.392 e. The van der Waals surface area contributed by atoms with Crippen molar-refractivity contribution in [3.63, 3.8) is 0 Å². The second-order valence-corrected chi connectivity index (χ2v) is 2.97. The fourth-order valence-corrected chi connectivity index (χ4v) is 1.38. The van der Waals surface area contributed by atoms with Crippen LogP contribution in [0.15, 0.2) is 18.5 Å². The van der Waals surface area contributed by atoms with E-state index in [2.05, 4.69) is 15.4 Å². The molecule has 2 aromatic rings. The van der Waals surface area contributed by atoms with Crippen LogP contribution in [-0.2, 0) is 6.61 Å². The zero-order chi connectivity index (χ0) is 9.97. The minimum atomic E-state index is 0.0156. The van der Waals surface area contributed by atoms with Crippen LogP contribution in [0.5, 0.6) is 0 Å². The number of anilines is 1. The van der Waals surface area contributed by atoms with Gasteiger partial charge in [0.25, 0.3) is 0 Å². The van der Waals surface area contributed by atoms with Crippen LogP contribution < -0.4 is 5.32 Å². The second-order valence-electron chi connectivity index (χ2n) is 2.97. The molecule has 5 heteroatoms. The maximum absolute atomic E-state index is 9.04. The van der Waals surface area contributed by atoms with Crippen LogP contribution in [0, 0.1) is 0 Å². The van der Waals surface area contributed by atoms with Gasteiger partial charge in [-0.05, 0) is 24.6 Å². The number of aliphatic hydroxyl groups is 1. The Hall–Kier alpha value is -1.62. The van der Waals surface area contributed by atoms with E-state index in [-0.39, 0.29) is 6.61 Å². The number of nitrogens with zero attached hydrogens (tertiary/aromatic N) is 3. The van der Waals surface area contributed by atoms with Gasteiger partial charge in [-0.3, -0.25) is 0 Å². The van der Waals surface area contributed by atoms with Gasteiger partial charge in [0.05, 0.1) is 6.61 Å². The van der Waals surface area contributed by atoms with Crippen LogP contribution in [0.25, 0.3) is 5.65 Å². The van der Waals surface area contributed by atoms with E-state index in [0.717, 1.165) is 23.6 Å². The number of hydrogen-bond acceptors (Lipinski definition) is 4. The predicted molar refractivity (Wildman–Crippen MR) is 53.1 cm³/mol. The molecule has 2 aromatic heterocycles. The molecule has 0 radical (unpaired) electrons. The first-order valence-corrected chi connectivity index (χ1v) is 4.52. The molecular formula is C9H12N4O. The Morgan fingerprint density at radius 1 is 1.50 bits per heavy atom. The van der Waals surface area contributed by atoms with Crippen LogP contribution in [-0.4, -0.2) is 26.2 Å². The molecule has 0 atom stereocenters. The van der Waals surface area contributed by atoms with Crippen LogP contribution >= 0.6 is 0 Å². The van der Waals surface area contributed by atoms with Crippen molar-refractivity contribution in [3.8, 4) is 0 Å². The summed E-state index contributed by atoms with van der Waals surface area (Å²) in [4.78, 5) is 4.07. The van der Waals surface area contributed by atoms with E-state index in [0.29, 0.717) is 0 Å². The standard InChI is InChI=1S/C9H12N4O/c1-2-10-8-3-7(5-14)4-9-11-6-12-13(8)9/h3-4,6,10,14H,2,5H2,1H3. The smallest absolute Gasteiger partial charge is 0.158 e. The quantitative estimate of drug-likeness (QED) is 0.749. The molecule has 0 aromatic carbocycles. The molecule has 0 bridgehead atoms. The van der Waals surface area contributed by atoms with Gasteiger partial charge < -0.3 is 10.4 Å². The summed E-state index contributed by atoms with van der Waals surface area (Å²) >= 11 is 0. The van der Waals surface area contributed by atoms with Gasteiger partial charge >= 0.3 is 0 Å². The maximum Gasteiger partial charge on any atom is 0.158 e. The van der Waals surface area contributed by atoms with E-state index < -0.39 is 0 Å². The number of pyridine rings is 1. The van der Waals surface area contributed by atoms with Gasteiger partial charge in [0.15, 0.2) is 5.65 Å². The van der Waals surface area contributed by atoms with Crippen molar-refractivity contribution in [2.24, 2.45) is 0 Å². The fourth-order valence-electron chi connectivity index (χ4n) is 1.38. The molecule has 0 aliphatic heterocycles. The Labute approximate surface area is 81.4 Å². The van der Waals surface area contributed by atoms with Crippen LogP contribution in [0.3, 0.4) is 0 Å². The summed E-state index contributed by atoms with van der Waals surface area (Å²) in [7, 11) is 0. The topological polar surface area (TPSA) is 62.5 Å². The summed E-state index contributed by atoms with van der Waals surface area (Å²) in [5.41, 5.74) is 1.58. The molecule has 0 aliphatic rings. The van der Waals surface area contributed by atoms with E-state index in [4.69, 9.17) is 5.11 Å². The normalized spacial score (nSPS) is 10.7. The zero-order valence-corrected chi connectivity index (χ0v) is 7.94. The Kier molecular flexibility index (Phi) is 2.32. The lowest BCUT2D eigenvalue weighted by molar-refractivity contribution is 0.282. The second kappa shape index (κ2) is 3.63. The predicted octanol–water partition coefficient (Wildman–Crippen LogP) is 0.653. The van der Waals surface area contributed by atoms with Gasteiger partial charge in [-0.15, -0.1) is 0 Å². The first-order valence-electron chi connectivity index (χ1n) is 4.52. The van der Waals surface area contributed by atoms with Gasteiger partial charge in [0.1, 0.15) is 12.1 Å². The summed E-state index contributed by atoms with van der Waals surface area (Å²) in [6.45, 7) is 2.83. The van der Waals surface area contributed by atoms with Crippen LogP contribution in [0.2, 0.25) is 0 Å². The number of hydrogen-bond donors (Lipinski definition) is 2. The van der Waals surface area contributed by atoms with Crippen molar-refractivity contribution in [3.05, 3.63) is 24.0 Å². The number of fused-ring (bicyclic) bond motifs is 1. The number of nitrogens with one attached hydrogen (secondary N) is 1. The molecule has 0 fully saturated rings. The minimum absolute atomic E-state index is 0.0156. The van der Waals surface area contributed by atoms with E-state index in [1.807, 2.05) is 19.1 Å². The minimum Gasteiger partial charge on any atom is -0.392 e. The van der Waals surface area contributed by atoms with Gasteiger partial charge in [0.2, 0.25) is 0 Å². The van der Waals surface area contributed by atoms with Crippen molar-refractivity contribution in [2.45, 2.75) is 13.5 Å². The first-order chi connectivity index (χ1) is 6.85. The van der Waals surface area contributed by atoms with E-state index in [9.17, 15) is 0 Å². The first kappa shape index (κ1) is 8.96. The molecule has 0 saturated heterocycles. The summed E-state index contributed by atoms with van der Waals surface area (Å²) in [6, 6.07) is 3.68. The molecule has 74 valence electrons. The van der Waals surface area contributed by atoms with E-state index in [1.54, 1.807) is 4.52 Å². The van der Waals surface area contributed by atoms with Crippen molar-refractivity contribution >= 4 is 11.5 Å². The average molecular weight is 192 g/mol. The number of rotatable bonds is 3. The number of aromatic nitrogens is 3. The van der Waals surface area contributed by atoms with Gasteiger partial charge in [-0.25, -0.2) is 4.98 Å². The Morgan fingerprint density at radius 3 is 3.07 bits per heavy atom. The molecule has 0 unspecified atom stereocenters. The highest BCUT2D eigenvalue weighted by Crippen LogP contribution is 2.13. The van der Waals surface area contributed by atoms with Gasteiger partial charge in [-0.1, -0.05) is 0 Å². The number of aliphatic hydroxyl groups excluding tert-OH is 1. The molecule has 14 heavy (non-hydrogen) atoms. The molecule has 0 spiro atoms.